The van der Waals surface area contributed by atoms with Crippen LogP contribution in [-0.4, -0.2) is 23.7 Å². The third-order valence-electron chi connectivity index (χ3n) is 3.29. The lowest BCUT2D eigenvalue weighted by Crippen LogP contribution is -2.40. The number of hydrogen-bond donors (Lipinski definition) is 2. The maximum Gasteiger partial charge on any atom is 0.223 e. The number of nitrogens with one attached hydrogen (secondary N) is 1. The highest BCUT2D eigenvalue weighted by Gasteiger charge is 2.21. The molecule has 1 aliphatic carbocycles. The number of amides is 1. The topological polar surface area (TPSA) is 49.3 Å². The van der Waals surface area contributed by atoms with E-state index in [0.29, 0.717) is 0 Å². The highest BCUT2D eigenvalue weighted by atomic mass is 16.3. The molecule has 15 heavy (non-hydrogen) atoms. The van der Waals surface area contributed by atoms with E-state index < -0.39 is 0 Å². The van der Waals surface area contributed by atoms with Crippen LogP contribution in [0.4, 0.5) is 0 Å². The lowest BCUT2D eigenvalue weighted by Gasteiger charge is -2.19. The molecule has 1 unspecified atom stereocenters. The molecule has 0 heterocycles. The zero-order valence-corrected chi connectivity index (χ0v) is 9.67. The molecule has 0 aromatic rings. The van der Waals surface area contributed by atoms with Gasteiger partial charge in [-0.05, 0) is 19.3 Å². The van der Waals surface area contributed by atoms with Gasteiger partial charge in [0.25, 0.3) is 0 Å². The van der Waals surface area contributed by atoms with E-state index in [4.69, 9.17) is 5.11 Å². The molecule has 0 spiro atoms. The number of aliphatic hydroxyl groups is 1. The van der Waals surface area contributed by atoms with Gasteiger partial charge in [-0.1, -0.05) is 32.6 Å². The van der Waals surface area contributed by atoms with Crippen LogP contribution in [-0.2, 0) is 4.79 Å². The Balaban J connectivity index is 2.36. The number of hydrogen-bond acceptors (Lipinski definition) is 2. The van der Waals surface area contributed by atoms with Gasteiger partial charge in [-0.3, -0.25) is 4.79 Å². The van der Waals surface area contributed by atoms with Gasteiger partial charge in [0, 0.05) is 5.92 Å². The van der Waals surface area contributed by atoms with Crippen LogP contribution in [0, 0.1) is 5.92 Å². The average Bonchev–Trinajstić information content (AvgIpc) is 2.54. The summed E-state index contributed by atoms with van der Waals surface area (Å²) in [5.74, 6) is 0.339. The summed E-state index contributed by atoms with van der Waals surface area (Å²) in [6.07, 6.45) is 7.72. The number of carbonyl (C=O) groups is 1. The molecule has 0 aromatic carbocycles. The molecule has 0 aliphatic heterocycles. The van der Waals surface area contributed by atoms with Gasteiger partial charge in [0.15, 0.2) is 0 Å². The van der Waals surface area contributed by atoms with Crippen molar-refractivity contribution in [1.82, 2.24) is 5.32 Å². The first-order chi connectivity index (χ1) is 7.27. The third kappa shape index (κ3) is 4.20. The van der Waals surface area contributed by atoms with E-state index in [0.717, 1.165) is 19.3 Å². The zero-order chi connectivity index (χ0) is 11.1. The van der Waals surface area contributed by atoms with Crippen molar-refractivity contribution in [1.29, 1.82) is 0 Å². The Morgan fingerprint density at radius 3 is 2.40 bits per heavy atom. The fraction of sp³-hybridized carbons (Fsp3) is 0.917. The van der Waals surface area contributed by atoms with Gasteiger partial charge >= 0.3 is 0 Å². The Morgan fingerprint density at radius 2 is 1.93 bits per heavy atom. The molecule has 1 aliphatic rings. The lowest BCUT2D eigenvalue weighted by atomic mass is 9.99. The molecule has 0 radical (unpaired) electrons. The maximum absolute atomic E-state index is 11.9. The fourth-order valence-electron chi connectivity index (χ4n) is 2.14. The Morgan fingerprint density at radius 1 is 1.33 bits per heavy atom. The van der Waals surface area contributed by atoms with Crippen LogP contribution in [0.15, 0.2) is 0 Å². The van der Waals surface area contributed by atoms with Crippen LogP contribution in [0.25, 0.3) is 0 Å². The van der Waals surface area contributed by atoms with E-state index in [9.17, 15) is 4.79 Å². The Labute approximate surface area is 92.3 Å². The van der Waals surface area contributed by atoms with Gasteiger partial charge in [0.2, 0.25) is 5.91 Å². The largest absolute Gasteiger partial charge is 0.394 e. The second-order valence-corrected chi connectivity index (χ2v) is 4.48. The second-order valence-electron chi connectivity index (χ2n) is 4.48. The highest BCUT2D eigenvalue weighted by molar-refractivity contribution is 5.78. The van der Waals surface area contributed by atoms with Gasteiger partial charge < -0.3 is 10.4 Å². The van der Waals surface area contributed by atoms with E-state index in [1.165, 1.54) is 25.7 Å². The van der Waals surface area contributed by atoms with Crippen LogP contribution >= 0.6 is 0 Å². The number of carbonyl (C=O) groups excluding carboxylic acids is 1. The molecule has 3 heteroatoms. The summed E-state index contributed by atoms with van der Waals surface area (Å²) in [5.41, 5.74) is 0. The maximum atomic E-state index is 11.9. The second kappa shape index (κ2) is 6.83. The summed E-state index contributed by atoms with van der Waals surface area (Å²) in [6.45, 7) is 2.03. The third-order valence-corrected chi connectivity index (χ3v) is 3.29. The van der Waals surface area contributed by atoms with E-state index in [2.05, 4.69) is 5.32 Å². The predicted molar refractivity (Wildman–Crippen MR) is 60.5 cm³/mol. The Hall–Kier alpha value is -0.570. The van der Waals surface area contributed by atoms with E-state index in [1.54, 1.807) is 0 Å². The Bertz CT molecular complexity index is 182. The van der Waals surface area contributed by atoms with Gasteiger partial charge in [0.05, 0.1) is 12.6 Å². The predicted octanol–water partition coefficient (Wildman–Crippen LogP) is 1.84. The molecule has 0 bridgehead atoms. The molecule has 1 fully saturated rings. The fourth-order valence-corrected chi connectivity index (χ4v) is 2.14. The molecule has 3 nitrogen and oxygen atoms in total. The van der Waals surface area contributed by atoms with Crippen molar-refractivity contribution in [2.24, 2.45) is 5.92 Å². The zero-order valence-electron chi connectivity index (χ0n) is 9.67. The van der Waals surface area contributed by atoms with Crippen LogP contribution in [0.3, 0.4) is 0 Å². The molecule has 1 amide bonds. The van der Waals surface area contributed by atoms with Gasteiger partial charge in [-0.2, -0.15) is 0 Å². The van der Waals surface area contributed by atoms with Crippen molar-refractivity contribution in [3.63, 3.8) is 0 Å². The summed E-state index contributed by atoms with van der Waals surface area (Å²) in [7, 11) is 0. The quantitative estimate of drug-likeness (QED) is 0.700. The van der Waals surface area contributed by atoms with Gasteiger partial charge in [-0.15, -0.1) is 0 Å². The monoisotopic (exact) mass is 213 g/mol. The summed E-state index contributed by atoms with van der Waals surface area (Å²) in [5, 5.41) is 11.9. The first-order valence-corrected chi connectivity index (χ1v) is 6.19. The van der Waals surface area contributed by atoms with Crippen LogP contribution in [0.5, 0.6) is 0 Å². The Kier molecular flexibility index (Phi) is 5.69. The van der Waals surface area contributed by atoms with Gasteiger partial charge in [-0.25, -0.2) is 0 Å². The van der Waals surface area contributed by atoms with Crippen LogP contribution < -0.4 is 5.32 Å². The summed E-state index contributed by atoms with van der Waals surface area (Å²) >= 11 is 0. The molecule has 1 atom stereocenters. The van der Waals surface area contributed by atoms with Gasteiger partial charge in [0.1, 0.15) is 0 Å². The minimum Gasteiger partial charge on any atom is -0.394 e. The molecular weight excluding hydrogens is 190 g/mol. The average molecular weight is 213 g/mol. The molecule has 0 aromatic heterocycles. The summed E-state index contributed by atoms with van der Waals surface area (Å²) < 4.78 is 0. The van der Waals surface area contributed by atoms with E-state index in [-0.39, 0.29) is 24.5 Å². The number of aliphatic hydroxyl groups excluding tert-OH is 1. The van der Waals surface area contributed by atoms with Crippen LogP contribution in [0.1, 0.15) is 51.9 Å². The van der Waals surface area contributed by atoms with Crippen molar-refractivity contribution in [3.8, 4) is 0 Å². The molecule has 0 saturated heterocycles. The van der Waals surface area contributed by atoms with E-state index in [1.807, 2.05) is 6.92 Å². The van der Waals surface area contributed by atoms with Crippen molar-refractivity contribution in [3.05, 3.63) is 0 Å². The smallest absolute Gasteiger partial charge is 0.223 e. The molecule has 2 N–H and O–H groups in total. The minimum atomic E-state index is -0.0549. The standard InChI is InChI=1S/C12H23NO2/c1-2-11(9-14)13-12(15)10-7-5-3-4-6-8-10/h10-11,14H,2-9H2,1H3,(H,13,15). The molecule has 1 saturated carbocycles. The lowest BCUT2D eigenvalue weighted by molar-refractivity contribution is -0.126. The molecule has 1 rings (SSSR count). The summed E-state index contributed by atoms with van der Waals surface area (Å²) in [4.78, 5) is 11.9. The SMILES string of the molecule is CCC(CO)NC(=O)C1CCCCCC1. The molecular formula is C12H23NO2. The van der Waals surface area contributed by atoms with Crippen molar-refractivity contribution in [2.75, 3.05) is 6.61 Å². The first kappa shape index (κ1) is 12.5. The van der Waals surface area contributed by atoms with E-state index >= 15 is 0 Å². The highest BCUT2D eigenvalue weighted by Crippen LogP contribution is 2.22. The van der Waals surface area contributed by atoms with Crippen molar-refractivity contribution >= 4 is 5.91 Å². The van der Waals surface area contributed by atoms with Crippen LogP contribution in [0.2, 0.25) is 0 Å². The van der Waals surface area contributed by atoms with Crippen molar-refractivity contribution < 1.29 is 9.90 Å². The summed E-state index contributed by atoms with van der Waals surface area (Å²) in [6, 6.07) is -0.0549. The number of rotatable bonds is 4. The first-order valence-electron chi connectivity index (χ1n) is 6.19. The molecule has 88 valence electrons. The minimum absolute atomic E-state index is 0.0506. The normalized spacial score (nSPS) is 20.7. The van der Waals surface area contributed by atoms with Crippen molar-refractivity contribution in [2.45, 2.75) is 57.9 Å².